The van der Waals surface area contributed by atoms with Crippen molar-refractivity contribution in [2.24, 2.45) is 7.05 Å². The molecule has 0 atom stereocenters. The molecule has 16 heavy (non-hydrogen) atoms. The average molecular weight is 221 g/mol. The molecular weight excluding hydrogens is 206 g/mol. The summed E-state index contributed by atoms with van der Waals surface area (Å²) in [7, 11) is 1.86. The van der Waals surface area contributed by atoms with Crippen molar-refractivity contribution in [1.29, 1.82) is 0 Å². The number of hydrogen-bond acceptors (Lipinski definition) is 5. The first kappa shape index (κ1) is 10.8. The summed E-state index contributed by atoms with van der Waals surface area (Å²) in [6.45, 7) is 5.10. The molecule has 0 aromatic carbocycles. The second-order valence-electron chi connectivity index (χ2n) is 3.65. The molecule has 2 heterocycles. The molecule has 2 aromatic rings. The highest BCUT2D eigenvalue weighted by Crippen LogP contribution is 2.07. The van der Waals surface area contributed by atoms with Crippen LogP contribution in [0.25, 0.3) is 0 Å². The largest absolute Gasteiger partial charge is 0.444 e. The van der Waals surface area contributed by atoms with Crippen molar-refractivity contribution in [3.05, 3.63) is 29.5 Å². The van der Waals surface area contributed by atoms with Crippen molar-refractivity contribution in [3.63, 3.8) is 0 Å². The number of aromatic nitrogens is 4. The highest BCUT2D eigenvalue weighted by molar-refractivity contribution is 5.05. The Bertz CT molecular complexity index is 454. The first-order valence-corrected chi connectivity index (χ1v) is 5.13. The van der Waals surface area contributed by atoms with Gasteiger partial charge >= 0.3 is 0 Å². The van der Waals surface area contributed by atoms with Gasteiger partial charge in [-0.25, -0.2) is 9.97 Å². The third-order valence-corrected chi connectivity index (χ3v) is 2.44. The molecule has 0 amide bonds. The fraction of sp³-hybridized carbons (Fsp3) is 0.500. The van der Waals surface area contributed by atoms with Crippen LogP contribution in [0.4, 0.5) is 0 Å². The van der Waals surface area contributed by atoms with Gasteiger partial charge in [0.2, 0.25) is 5.89 Å². The second-order valence-corrected chi connectivity index (χ2v) is 3.65. The van der Waals surface area contributed by atoms with Crippen molar-refractivity contribution in [2.45, 2.75) is 26.9 Å². The van der Waals surface area contributed by atoms with Gasteiger partial charge in [0, 0.05) is 7.05 Å². The molecule has 86 valence electrons. The Morgan fingerprint density at radius 1 is 1.38 bits per heavy atom. The van der Waals surface area contributed by atoms with Crippen molar-refractivity contribution in [3.8, 4) is 0 Å². The normalized spacial score (nSPS) is 10.9. The van der Waals surface area contributed by atoms with Gasteiger partial charge in [-0.05, 0) is 13.8 Å². The lowest BCUT2D eigenvalue weighted by atomic mass is 10.4. The molecule has 0 saturated heterocycles. The molecule has 6 heteroatoms. The van der Waals surface area contributed by atoms with Crippen LogP contribution in [0.1, 0.15) is 23.2 Å². The van der Waals surface area contributed by atoms with E-state index in [-0.39, 0.29) is 0 Å². The maximum atomic E-state index is 5.45. The number of oxazole rings is 1. The van der Waals surface area contributed by atoms with Gasteiger partial charge in [0.15, 0.2) is 0 Å². The third kappa shape index (κ3) is 2.27. The molecule has 0 radical (unpaired) electrons. The van der Waals surface area contributed by atoms with E-state index in [2.05, 4.69) is 20.4 Å². The van der Waals surface area contributed by atoms with Crippen LogP contribution in [-0.2, 0) is 20.1 Å². The highest BCUT2D eigenvalue weighted by atomic mass is 16.4. The number of rotatable bonds is 4. The van der Waals surface area contributed by atoms with Crippen molar-refractivity contribution < 1.29 is 4.42 Å². The van der Waals surface area contributed by atoms with E-state index >= 15 is 0 Å². The zero-order valence-corrected chi connectivity index (χ0v) is 9.69. The van der Waals surface area contributed by atoms with Crippen LogP contribution in [0.2, 0.25) is 0 Å². The lowest BCUT2D eigenvalue weighted by Gasteiger charge is -2.00. The molecular formula is C10H15N5O. The summed E-state index contributed by atoms with van der Waals surface area (Å²) in [5, 5.41) is 7.19. The van der Waals surface area contributed by atoms with Gasteiger partial charge in [-0.2, -0.15) is 5.10 Å². The van der Waals surface area contributed by atoms with Crippen LogP contribution in [0.3, 0.4) is 0 Å². The fourth-order valence-electron chi connectivity index (χ4n) is 1.38. The molecule has 0 fully saturated rings. The molecule has 0 aliphatic carbocycles. The molecule has 0 aliphatic heterocycles. The van der Waals surface area contributed by atoms with Gasteiger partial charge in [-0.1, -0.05) is 0 Å². The summed E-state index contributed by atoms with van der Waals surface area (Å²) in [4.78, 5) is 8.39. The van der Waals surface area contributed by atoms with Crippen LogP contribution in [0, 0.1) is 13.8 Å². The maximum absolute atomic E-state index is 5.45. The van der Waals surface area contributed by atoms with Crippen LogP contribution < -0.4 is 5.32 Å². The van der Waals surface area contributed by atoms with Crippen molar-refractivity contribution in [1.82, 2.24) is 25.1 Å². The van der Waals surface area contributed by atoms with Gasteiger partial charge in [0.05, 0.1) is 18.8 Å². The Morgan fingerprint density at radius 2 is 2.19 bits per heavy atom. The SMILES string of the molecule is Cc1nc(CNCc2ncnn2C)oc1C. The topological polar surface area (TPSA) is 68.8 Å². The lowest BCUT2D eigenvalue weighted by Crippen LogP contribution is -2.16. The number of hydrogen-bond donors (Lipinski definition) is 1. The van der Waals surface area contributed by atoms with E-state index < -0.39 is 0 Å². The molecule has 2 aromatic heterocycles. The zero-order valence-electron chi connectivity index (χ0n) is 9.69. The third-order valence-electron chi connectivity index (χ3n) is 2.44. The van der Waals surface area contributed by atoms with Gasteiger partial charge in [-0.3, -0.25) is 4.68 Å². The van der Waals surface area contributed by atoms with E-state index in [0.29, 0.717) is 19.0 Å². The van der Waals surface area contributed by atoms with Gasteiger partial charge in [-0.15, -0.1) is 0 Å². The van der Waals surface area contributed by atoms with Crippen LogP contribution in [0.5, 0.6) is 0 Å². The standard InChI is InChI=1S/C10H15N5O/c1-7-8(2)16-10(14-7)5-11-4-9-12-6-13-15(9)3/h6,11H,4-5H2,1-3H3. The Labute approximate surface area is 93.7 Å². The molecule has 1 N–H and O–H groups in total. The van der Waals surface area contributed by atoms with E-state index in [9.17, 15) is 0 Å². The highest BCUT2D eigenvalue weighted by Gasteiger charge is 2.05. The minimum atomic E-state index is 0.599. The van der Waals surface area contributed by atoms with E-state index in [1.54, 1.807) is 4.68 Å². The fourth-order valence-corrected chi connectivity index (χ4v) is 1.38. The Hall–Kier alpha value is -1.69. The minimum absolute atomic E-state index is 0.599. The molecule has 0 bridgehead atoms. The summed E-state index contributed by atoms with van der Waals surface area (Å²) in [6.07, 6.45) is 1.54. The van der Waals surface area contributed by atoms with Crippen LogP contribution in [0.15, 0.2) is 10.7 Å². The van der Waals surface area contributed by atoms with Crippen LogP contribution >= 0.6 is 0 Å². The van der Waals surface area contributed by atoms with Crippen molar-refractivity contribution in [2.75, 3.05) is 0 Å². The number of nitrogens with zero attached hydrogens (tertiary/aromatic N) is 4. The Morgan fingerprint density at radius 3 is 2.75 bits per heavy atom. The summed E-state index contributed by atoms with van der Waals surface area (Å²) in [6, 6.07) is 0. The quantitative estimate of drug-likeness (QED) is 0.823. The van der Waals surface area contributed by atoms with E-state index in [1.165, 1.54) is 6.33 Å². The van der Waals surface area contributed by atoms with E-state index in [0.717, 1.165) is 17.3 Å². The van der Waals surface area contributed by atoms with Gasteiger partial charge < -0.3 is 9.73 Å². The maximum Gasteiger partial charge on any atom is 0.208 e. The molecule has 0 aliphatic rings. The lowest BCUT2D eigenvalue weighted by molar-refractivity contribution is 0.445. The number of nitrogens with one attached hydrogen (secondary N) is 1. The molecule has 6 nitrogen and oxygen atoms in total. The van der Waals surface area contributed by atoms with E-state index in [4.69, 9.17) is 4.42 Å². The Kier molecular flexibility index (Phi) is 3.00. The van der Waals surface area contributed by atoms with Gasteiger partial charge in [0.25, 0.3) is 0 Å². The average Bonchev–Trinajstić information content (AvgIpc) is 2.76. The predicted octanol–water partition coefficient (Wildman–Crippen LogP) is 0.710. The molecule has 0 unspecified atom stereocenters. The molecule has 0 saturated carbocycles. The minimum Gasteiger partial charge on any atom is -0.444 e. The predicted molar refractivity (Wildman–Crippen MR) is 57.5 cm³/mol. The van der Waals surface area contributed by atoms with Crippen molar-refractivity contribution >= 4 is 0 Å². The monoisotopic (exact) mass is 221 g/mol. The van der Waals surface area contributed by atoms with Gasteiger partial charge in [0.1, 0.15) is 17.9 Å². The summed E-state index contributed by atoms with van der Waals surface area (Å²) >= 11 is 0. The molecule has 2 rings (SSSR count). The smallest absolute Gasteiger partial charge is 0.208 e. The van der Waals surface area contributed by atoms with Crippen LogP contribution in [-0.4, -0.2) is 19.7 Å². The summed E-state index contributed by atoms with van der Waals surface area (Å²) in [5.41, 5.74) is 0.940. The first-order chi connectivity index (χ1) is 7.66. The molecule has 0 spiro atoms. The second kappa shape index (κ2) is 4.44. The Balaban J connectivity index is 1.87. The van der Waals surface area contributed by atoms with E-state index in [1.807, 2.05) is 20.9 Å². The first-order valence-electron chi connectivity index (χ1n) is 5.13. The summed E-state index contributed by atoms with van der Waals surface area (Å²) < 4.78 is 7.18. The summed E-state index contributed by atoms with van der Waals surface area (Å²) in [5.74, 6) is 2.47. The number of aryl methyl sites for hydroxylation is 3. The zero-order chi connectivity index (χ0) is 11.5.